The lowest BCUT2D eigenvalue weighted by molar-refractivity contribution is -0.0398. The van der Waals surface area contributed by atoms with E-state index in [9.17, 15) is 5.11 Å². The number of aliphatic hydroxyl groups is 1. The number of hydrogen-bond donors (Lipinski definition) is 2. The SMILES string of the molecule is COc1ccccc1[C@@H](C)NCCC1(O)CCC1. The zero-order valence-electron chi connectivity index (χ0n) is 11.3. The second-order valence-corrected chi connectivity index (χ2v) is 5.25. The monoisotopic (exact) mass is 249 g/mol. The predicted octanol–water partition coefficient (Wildman–Crippen LogP) is 2.65. The first-order chi connectivity index (χ1) is 8.64. The average Bonchev–Trinajstić information content (AvgIpc) is 2.36. The number of para-hydroxylation sites is 1. The van der Waals surface area contributed by atoms with Gasteiger partial charge in [0.15, 0.2) is 0 Å². The molecule has 3 nitrogen and oxygen atoms in total. The molecule has 1 atom stereocenters. The first-order valence-electron chi connectivity index (χ1n) is 6.73. The van der Waals surface area contributed by atoms with Crippen LogP contribution in [-0.2, 0) is 0 Å². The molecule has 0 saturated heterocycles. The van der Waals surface area contributed by atoms with Crippen molar-refractivity contribution in [2.24, 2.45) is 0 Å². The van der Waals surface area contributed by atoms with E-state index in [0.717, 1.165) is 31.6 Å². The number of nitrogens with one attached hydrogen (secondary N) is 1. The molecule has 0 heterocycles. The van der Waals surface area contributed by atoms with Gasteiger partial charge < -0.3 is 15.2 Å². The van der Waals surface area contributed by atoms with E-state index in [2.05, 4.69) is 18.3 Å². The van der Waals surface area contributed by atoms with Crippen molar-refractivity contribution in [2.45, 2.75) is 44.2 Å². The van der Waals surface area contributed by atoms with Crippen LogP contribution in [-0.4, -0.2) is 24.4 Å². The maximum absolute atomic E-state index is 10.0. The summed E-state index contributed by atoms with van der Waals surface area (Å²) in [6.07, 6.45) is 3.92. The number of hydrogen-bond acceptors (Lipinski definition) is 3. The maximum atomic E-state index is 10.0. The third-order valence-corrected chi connectivity index (χ3v) is 3.93. The molecule has 1 aliphatic rings. The molecule has 100 valence electrons. The quantitative estimate of drug-likeness (QED) is 0.814. The molecule has 1 fully saturated rings. The molecular weight excluding hydrogens is 226 g/mol. The van der Waals surface area contributed by atoms with Gasteiger partial charge in [0.1, 0.15) is 5.75 Å². The Morgan fingerprint density at radius 1 is 1.39 bits per heavy atom. The van der Waals surface area contributed by atoms with Crippen molar-refractivity contribution in [2.75, 3.05) is 13.7 Å². The van der Waals surface area contributed by atoms with Gasteiger partial charge >= 0.3 is 0 Å². The summed E-state index contributed by atoms with van der Waals surface area (Å²) in [5.41, 5.74) is 0.772. The Balaban J connectivity index is 1.85. The van der Waals surface area contributed by atoms with Gasteiger partial charge in [-0.3, -0.25) is 0 Å². The summed E-state index contributed by atoms with van der Waals surface area (Å²) in [5, 5.41) is 13.5. The van der Waals surface area contributed by atoms with Crippen molar-refractivity contribution in [1.29, 1.82) is 0 Å². The van der Waals surface area contributed by atoms with Crippen LogP contribution in [0.3, 0.4) is 0 Å². The fourth-order valence-corrected chi connectivity index (χ4v) is 2.49. The van der Waals surface area contributed by atoms with Crippen LogP contribution in [0.5, 0.6) is 5.75 Å². The van der Waals surface area contributed by atoms with Gasteiger partial charge in [0, 0.05) is 11.6 Å². The number of benzene rings is 1. The molecular formula is C15H23NO2. The minimum absolute atomic E-state index is 0.241. The van der Waals surface area contributed by atoms with E-state index < -0.39 is 5.60 Å². The lowest BCUT2D eigenvalue weighted by Crippen LogP contribution is -2.39. The van der Waals surface area contributed by atoms with E-state index in [1.54, 1.807) is 7.11 Å². The third-order valence-electron chi connectivity index (χ3n) is 3.93. The largest absolute Gasteiger partial charge is 0.496 e. The highest BCUT2D eigenvalue weighted by molar-refractivity contribution is 5.35. The van der Waals surface area contributed by atoms with Gasteiger partial charge in [-0.1, -0.05) is 18.2 Å². The summed E-state index contributed by atoms with van der Waals surface area (Å²) in [7, 11) is 1.70. The summed E-state index contributed by atoms with van der Waals surface area (Å²) < 4.78 is 5.36. The van der Waals surface area contributed by atoms with E-state index in [1.165, 1.54) is 12.0 Å². The van der Waals surface area contributed by atoms with Gasteiger partial charge in [0.05, 0.1) is 12.7 Å². The van der Waals surface area contributed by atoms with Crippen LogP contribution < -0.4 is 10.1 Å². The van der Waals surface area contributed by atoms with Crippen LogP contribution in [0.15, 0.2) is 24.3 Å². The molecule has 1 aliphatic carbocycles. The molecule has 0 spiro atoms. The molecule has 2 rings (SSSR count). The van der Waals surface area contributed by atoms with Crippen molar-refractivity contribution in [3.05, 3.63) is 29.8 Å². The second-order valence-electron chi connectivity index (χ2n) is 5.25. The standard InChI is InChI=1S/C15H23NO2/c1-12(13-6-3-4-7-14(13)18-2)16-11-10-15(17)8-5-9-15/h3-4,6-7,12,16-17H,5,8-11H2,1-2H3/t12-/m1/s1. The second kappa shape index (κ2) is 5.72. The number of ether oxygens (including phenoxy) is 1. The van der Waals surface area contributed by atoms with Crippen LogP contribution in [0.1, 0.15) is 44.2 Å². The molecule has 0 radical (unpaired) electrons. The van der Waals surface area contributed by atoms with Crippen molar-refractivity contribution in [3.63, 3.8) is 0 Å². The summed E-state index contributed by atoms with van der Waals surface area (Å²) in [6, 6.07) is 8.30. The molecule has 18 heavy (non-hydrogen) atoms. The Morgan fingerprint density at radius 2 is 2.11 bits per heavy atom. The van der Waals surface area contributed by atoms with E-state index in [1.807, 2.05) is 18.2 Å². The fraction of sp³-hybridized carbons (Fsp3) is 0.600. The van der Waals surface area contributed by atoms with Crippen molar-refractivity contribution in [1.82, 2.24) is 5.32 Å². The molecule has 0 aromatic heterocycles. The van der Waals surface area contributed by atoms with Gasteiger partial charge in [-0.25, -0.2) is 0 Å². The third kappa shape index (κ3) is 3.03. The van der Waals surface area contributed by atoms with Crippen LogP contribution in [0, 0.1) is 0 Å². The molecule has 3 heteroatoms. The predicted molar refractivity (Wildman–Crippen MR) is 72.8 cm³/mol. The van der Waals surface area contributed by atoms with Crippen molar-refractivity contribution < 1.29 is 9.84 Å². The van der Waals surface area contributed by atoms with E-state index >= 15 is 0 Å². The zero-order valence-corrected chi connectivity index (χ0v) is 11.3. The van der Waals surface area contributed by atoms with Gasteiger partial charge in [-0.15, -0.1) is 0 Å². The summed E-state index contributed by atoms with van der Waals surface area (Å²) in [6.45, 7) is 2.97. The molecule has 1 aromatic carbocycles. The van der Waals surface area contributed by atoms with Crippen LogP contribution in [0.25, 0.3) is 0 Å². The van der Waals surface area contributed by atoms with E-state index in [0.29, 0.717) is 0 Å². The Morgan fingerprint density at radius 3 is 2.72 bits per heavy atom. The number of methoxy groups -OCH3 is 1. The maximum Gasteiger partial charge on any atom is 0.123 e. The minimum Gasteiger partial charge on any atom is -0.496 e. The summed E-state index contributed by atoms with van der Waals surface area (Å²) in [4.78, 5) is 0. The minimum atomic E-state index is -0.395. The van der Waals surface area contributed by atoms with Crippen LogP contribution in [0.4, 0.5) is 0 Å². The topological polar surface area (TPSA) is 41.5 Å². The first kappa shape index (κ1) is 13.4. The Hall–Kier alpha value is -1.06. The summed E-state index contributed by atoms with van der Waals surface area (Å²) >= 11 is 0. The molecule has 0 bridgehead atoms. The lowest BCUT2D eigenvalue weighted by atomic mass is 9.78. The molecule has 1 saturated carbocycles. The van der Waals surface area contributed by atoms with Crippen molar-refractivity contribution in [3.8, 4) is 5.75 Å². The smallest absolute Gasteiger partial charge is 0.123 e. The molecule has 1 aromatic rings. The molecule has 0 amide bonds. The van der Waals surface area contributed by atoms with E-state index in [-0.39, 0.29) is 6.04 Å². The molecule has 0 unspecified atom stereocenters. The Bertz CT molecular complexity index is 388. The van der Waals surface area contributed by atoms with Crippen LogP contribution >= 0.6 is 0 Å². The normalized spacial score (nSPS) is 19.1. The van der Waals surface area contributed by atoms with Gasteiger partial charge in [0.25, 0.3) is 0 Å². The van der Waals surface area contributed by atoms with Gasteiger partial charge in [0.2, 0.25) is 0 Å². The Kier molecular flexibility index (Phi) is 4.25. The fourth-order valence-electron chi connectivity index (χ4n) is 2.49. The van der Waals surface area contributed by atoms with Crippen molar-refractivity contribution >= 4 is 0 Å². The lowest BCUT2D eigenvalue weighted by Gasteiger charge is -2.37. The average molecular weight is 249 g/mol. The molecule has 0 aliphatic heterocycles. The van der Waals surface area contributed by atoms with Crippen LogP contribution in [0.2, 0.25) is 0 Å². The zero-order chi connectivity index (χ0) is 13.0. The number of rotatable bonds is 6. The van der Waals surface area contributed by atoms with E-state index in [4.69, 9.17) is 4.74 Å². The van der Waals surface area contributed by atoms with Gasteiger partial charge in [-0.2, -0.15) is 0 Å². The Labute approximate surface area is 109 Å². The highest BCUT2D eigenvalue weighted by Gasteiger charge is 2.33. The highest BCUT2D eigenvalue weighted by atomic mass is 16.5. The van der Waals surface area contributed by atoms with Gasteiger partial charge in [-0.05, 0) is 45.2 Å². The first-order valence-corrected chi connectivity index (χ1v) is 6.73. The molecule has 2 N–H and O–H groups in total. The summed E-state index contributed by atoms with van der Waals surface area (Å²) in [5.74, 6) is 0.917. The highest BCUT2D eigenvalue weighted by Crippen LogP contribution is 2.34.